The van der Waals surface area contributed by atoms with Gasteiger partial charge < -0.3 is 16.2 Å². The second-order valence-electron chi connectivity index (χ2n) is 6.61. The number of aryl methyl sites for hydroxylation is 1. The topological polar surface area (TPSA) is 189 Å². The van der Waals surface area contributed by atoms with E-state index in [1.165, 1.54) is 13.1 Å². The van der Waals surface area contributed by atoms with Gasteiger partial charge in [-0.2, -0.15) is 9.40 Å². The molecule has 1 aromatic carbocycles. The smallest absolute Gasteiger partial charge is 0.318 e. The van der Waals surface area contributed by atoms with Crippen LogP contribution < -0.4 is 16.6 Å². The summed E-state index contributed by atoms with van der Waals surface area (Å²) >= 11 is 0. The van der Waals surface area contributed by atoms with Crippen LogP contribution in [0.15, 0.2) is 35.1 Å². The van der Waals surface area contributed by atoms with Gasteiger partial charge in [-0.1, -0.05) is 24.3 Å². The van der Waals surface area contributed by atoms with E-state index in [-0.39, 0.29) is 24.5 Å². The van der Waals surface area contributed by atoms with E-state index in [1.807, 2.05) is 0 Å². The fourth-order valence-electron chi connectivity index (χ4n) is 2.64. The summed E-state index contributed by atoms with van der Waals surface area (Å²) in [4.78, 5) is 35.7. The maximum absolute atomic E-state index is 12.5. The van der Waals surface area contributed by atoms with Gasteiger partial charge >= 0.3 is 5.97 Å². The average molecular weight is 450 g/mol. The molecule has 1 heterocycles. The number of carboxylic acids is 1. The van der Waals surface area contributed by atoms with Crippen LogP contribution >= 0.6 is 0 Å². The first-order chi connectivity index (χ1) is 14.4. The summed E-state index contributed by atoms with van der Waals surface area (Å²) in [5.74, 6) is -2.19. The van der Waals surface area contributed by atoms with E-state index in [0.717, 1.165) is 10.9 Å². The number of amidine groups is 1. The molecule has 0 atom stereocenters. The van der Waals surface area contributed by atoms with Crippen molar-refractivity contribution in [2.45, 2.75) is 0 Å². The highest BCUT2D eigenvalue weighted by atomic mass is 32.2. The van der Waals surface area contributed by atoms with Gasteiger partial charge in [-0.05, 0) is 6.07 Å². The Morgan fingerprint density at radius 1 is 1.29 bits per heavy atom. The third-order valence-corrected chi connectivity index (χ3v) is 5.48. The molecule has 0 bridgehead atoms. The highest BCUT2D eigenvalue weighted by Gasteiger charge is 2.20. The minimum atomic E-state index is -3.79. The van der Waals surface area contributed by atoms with E-state index in [0.29, 0.717) is 21.1 Å². The van der Waals surface area contributed by atoms with Crippen molar-refractivity contribution in [3.8, 4) is 11.3 Å². The minimum Gasteiger partial charge on any atom is -0.480 e. The van der Waals surface area contributed by atoms with Crippen molar-refractivity contribution in [1.29, 1.82) is 5.41 Å². The van der Waals surface area contributed by atoms with Crippen LogP contribution in [0.1, 0.15) is 15.9 Å². The van der Waals surface area contributed by atoms with Gasteiger partial charge in [0.05, 0.1) is 11.9 Å². The van der Waals surface area contributed by atoms with Gasteiger partial charge in [0.15, 0.2) is 0 Å². The van der Waals surface area contributed by atoms with Crippen LogP contribution in [0, 0.1) is 5.41 Å². The zero-order valence-electron chi connectivity index (χ0n) is 16.8. The summed E-state index contributed by atoms with van der Waals surface area (Å²) < 4.78 is 25.0. The standard InChI is InChI=1S/C18H22N6O6S/c1-23-18(28)13(9-14(22-23)11-3-5-12(6-4-11)16(19)20)17(27)21-7-8-24(10-15(25)26)31(2,29)30/h3-6,9H,7-8,10H2,1-2H3,(H3,19,20)(H,21,27)(H,25,26). The van der Waals surface area contributed by atoms with Crippen LogP contribution in [-0.2, 0) is 21.9 Å². The Hall–Kier alpha value is -3.58. The molecule has 166 valence electrons. The summed E-state index contributed by atoms with van der Waals surface area (Å²) in [6, 6.07) is 7.78. The van der Waals surface area contributed by atoms with E-state index in [4.69, 9.17) is 16.2 Å². The van der Waals surface area contributed by atoms with Crippen molar-refractivity contribution in [2.75, 3.05) is 25.9 Å². The zero-order valence-corrected chi connectivity index (χ0v) is 17.6. The Labute approximate surface area is 177 Å². The minimum absolute atomic E-state index is 0.105. The van der Waals surface area contributed by atoms with Crippen LogP contribution in [0.5, 0.6) is 0 Å². The maximum atomic E-state index is 12.5. The summed E-state index contributed by atoms with van der Waals surface area (Å²) in [7, 11) is -2.41. The summed E-state index contributed by atoms with van der Waals surface area (Å²) in [5.41, 5.74) is 5.96. The number of carbonyl (C=O) groups excluding carboxylic acids is 1. The van der Waals surface area contributed by atoms with Crippen LogP contribution in [0.2, 0.25) is 0 Å². The number of carboxylic acid groups (broad SMARTS) is 1. The molecule has 0 aliphatic heterocycles. The van der Waals surface area contributed by atoms with E-state index < -0.39 is 34.0 Å². The Morgan fingerprint density at radius 3 is 2.42 bits per heavy atom. The number of aliphatic carboxylic acids is 1. The highest BCUT2D eigenvalue weighted by molar-refractivity contribution is 7.88. The number of benzene rings is 1. The SMILES string of the molecule is Cn1nc(-c2ccc(C(=N)N)cc2)cc(C(=O)NCCN(CC(=O)O)S(C)(=O)=O)c1=O. The number of sulfonamides is 1. The third-order valence-electron chi connectivity index (χ3n) is 4.23. The molecule has 12 nitrogen and oxygen atoms in total. The maximum Gasteiger partial charge on any atom is 0.318 e. The van der Waals surface area contributed by atoms with Crippen molar-refractivity contribution in [3.05, 3.63) is 51.8 Å². The number of aromatic nitrogens is 2. The Bertz CT molecular complexity index is 1170. The lowest BCUT2D eigenvalue weighted by molar-refractivity contribution is -0.137. The fraction of sp³-hybridized carbons (Fsp3) is 0.278. The molecule has 0 fully saturated rings. The van der Waals surface area contributed by atoms with Crippen molar-refractivity contribution in [3.63, 3.8) is 0 Å². The van der Waals surface area contributed by atoms with Gasteiger partial charge in [0.2, 0.25) is 10.0 Å². The molecule has 0 unspecified atom stereocenters. The van der Waals surface area contributed by atoms with Gasteiger partial charge in [-0.15, -0.1) is 0 Å². The zero-order chi connectivity index (χ0) is 23.3. The molecule has 1 amide bonds. The molecule has 31 heavy (non-hydrogen) atoms. The molecule has 1 aromatic heterocycles. The summed E-state index contributed by atoms with van der Waals surface area (Å²) in [5, 5.41) is 22.8. The number of nitrogens with zero attached hydrogens (tertiary/aromatic N) is 3. The van der Waals surface area contributed by atoms with Crippen LogP contribution in [0.25, 0.3) is 11.3 Å². The molecule has 0 radical (unpaired) electrons. The molecular weight excluding hydrogens is 428 g/mol. The van der Waals surface area contributed by atoms with E-state index in [2.05, 4.69) is 10.4 Å². The molecule has 2 rings (SSSR count). The Morgan fingerprint density at radius 2 is 1.90 bits per heavy atom. The van der Waals surface area contributed by atoms with Gasteiger partial charge in [-0.3, -0.25) is 19.8 Å². The summed E-state index contributed by atoms with van der Waals surface area (Å²) in [6.45, 7) is -1.22. The molecule has 0 saturated heterocycles. The largest absolute Gasteiger partial charge is 0.480 e. The fourth-order valence-corrected chi connectivity index (χ4v) is 3.40. The first-order valence-corrected chi connectivity index (χ1v) is 10.7. The van der Waals surface area contributed by atoms with Crippen LogP contribution in [0.3, 0.4) is 0 Å². The number of nitrogens with two attached hydrogens (primary N) is 1. The first kappa shape index (κ1) is 23.7. The van der Waals surface area contributed by atoms with E-state index >= 15 is 0 Å². The molecule has 2 aromatic rings. The number of rotatable bonds is 9. The number of hydrogen-bond acceptors (Lipinski definition) is 7. The van der Waals surface area contributed by atoms with Crippen molar-refractivity contribution in [1.82, 2.24) is 19.4 Å². The average Bonchev–Trinajstić information content (AvgIpc) is 2.68. The van der Waals surface area contributed by atoms with Crippen molar-refractivity contribution < 1.29 is 23.1 Å². The molecule has 13 heteroatoms. The van der Waals surface area contributed by atoms with E-state index in [9.17, 15) is 22.8 Å². The predicted octanol–water partition coefficient (Wildman–Crippen LogP) is -1.19. The van der Waals surface area contributed by atoms with Crippen LogP contribution in [0.4, 0.5) is 0 Å². The molecule has 0 aliphatic carbocycles. The summed E-state index contributed by atoms with van der Waals surface area (Å²) in [6.07, 6.45) is 0.861. The van der Waals surface area contributed by atoms with Gasteiger partial charge in [0, 0.05) is 31.3 Å². The Balaban J connectivity index is 2.21. The molecule has 5 N–H and O–H groups in total. The predicted molar refractivity (Wildman–Crippen MR) is 112 cm³/mol. The van der Waals surface area contributed by atoms with Crippen LogP contribution in [-0.4, -0.2) is 71.2 Å². The first-order valence-electron chi connectivity index (χ1n) is 8.88. The lowest BCUT2D eigenvalue weighted by atomic mass is 10.1. The monoisotopic (exact) mass is 450 g/mol. The normalized spacial score (nSPS) is 11.3. The number of hydrogen-bond donors (Lipinski definition) is 4. The van der Waals surface area contributed by atoms with Gasteiger partial charge in [-0.25, -0.2) is 13.1 Å². The second-order valence-corrected chi connectivity index (χ2v) is 8.59. The van der Waals surface area contributed by atoms with E-state index in [1.54, 1.807) is 24.3 Å². The number of nitrogens with one attached hydrogen (secondary N) is 2. The molecule has 0 spiro atoms. The Kier molecular flexibility index (Phi) is 7.25. The molecule has 0 saturated carbocycles. The molecular formula is C18H22N6O6S. The second kappa shape index (κ2) is 9.49. The molecule has 0 aliphatic rings. The third kappa shape index (κ3) is 6.20. The van der Waals surface area contributed by atoms with Crippen molar-refractivity contribution in [2.24, 2.45) is 12.8 Å². The van der Waals surface area contributed by atoms with Gasteiger partial charge in [0.1, 0.15) is 17.9 Å². The lowest BCUT2D eigenvalue weighted by Gasteiger charge is -2.17. The van der Waals surface area contributed by atoms with Crippen molar-refractivity contribution >= 4 is 27.7 Å². The number of carbonyl (C=O) groups is 2. The lowest BCUT2D eigenvalue weighted by Crippen LogP contribution is -2.42. The highest BCUT2D eigenvalue weighted by Crippen LogP contribution is 2.17. The van der Waals surface area contributed by atoms with Gasteiger partial charge in [0.25, 0.3) is 11.5 Å². The number of amides is 1. The quantitative estimate of drug-likeness (QED) is 0.271. The number of nitrogen functional groups attached to an aromatic ring is 1.